The van der Waals surface area contributed by atoms with E-state index in [4.69, 9.17) is 16.0 Å². The second-order valence-electron chi connectivity index (χ2n) is 6.76. The highest BCUT2D eigenvalue weighted by atomic mass is 35.5. The summed E-state index contributed by atoms with van der Waals surface area (Å²) in [6, 6.07) is 13.6. The lowest BCUT2D eigenvalue weighted by molar-refractivity contribution is -0.112. The lowest BCUT2D eigenvalue weighted by Gasteiger charge is -2.08. The zero-order valence-corrected chi connectivity index (χ0v) is 17.9. The Morgan fingerprint density at radius 2 is 1.83 bits per heavy atom. The van der Waals surface area contributed by atoms with Crippen LogP contribution in [0.25, 0.3) is 6.08 Å². The van der Waals surface area contributed by atoms with Crippen LogP contribution in [-0.4, -0.2) is 29.8 Å². The summed E-state index contributed by atoms with van der Waals surface area (Å²) in [5, 5.41) is 10.2. The SMILES string of the molecule is CC(C)S(=O)(=O)c1ccc(Cc2nnc(NC(=O)/C=C/c3ccccc3Cl)o2)cc1. The largest absolute Gasteiger partial charge is 0.407 e. The number of rotatable bonds is 7. The predicted molar refractivity (Wildman–Crippen MR) is 115 cm³/mol. The van der Waals surface area contributed by atoms with Gasteiger partial charge >= 0.3 is 6.01 Å². The van der Waals surface area contributed by atoms with Crippen LogP contribution in [0.15, 0.2) is 63.9 Å². The van der Waals surface area contributed by atoms with Crippen molar-refractivity contribution in [3.8, 4) is 0 Å². The number of hydrogen-bond acceptors (Lipinski definition) is 6. The molecule has 0 spiro atoms. The van der Waals surface area contributed by atoms with Crippen molar-refractivity contribution < 1.29 is 17.6 Å². The maximum absolute atomic E-state index is 12.2. The predicted octanol–water partition coefficient (Wildman–Crippen LogP) is 4.15. The minimum Gasteiger partial charge on any atom is -0.407 e. The average Bonchev–Trinajstić information content (AvgIpc) is 3.14. The van der Waals surface area contributed by atoms with E-state index in [1.165, 1.54) is 6.08 Å². The van der Waals surface area contributed by atoms with Gasteiger partial charge in [-0.15, -0.1) is 5.10 Å². The molecule has 0 fully saturated rings. The molecule has 0 atom stereocenters. The molecule has 1 aromatic heterocycles. The van der Waals surface area contributed by atoms with Crippen molar-refractivity contribution in [1.29, 1.82) is 0 Å². The molecule has 0 aliphatic carbocycles. The summed E-state index contributed by atoms with van der Waals surface area (Å²) in [5.74, 6) is -0.145. The molecule has 7 nitrogen and oxygen atoms in total. The van der Waals surface area contributed by atoms with E-state index >= 15 is 0 Å². The molecule has 0 bridgehead atoms. The highest BCUT2D eigenvalue weighted by Crippen LogP contribution is 2.19. The number of anilines is 1. The molecule has 156 valence electrons. The molecule has 0 unspecified atom stereocenters. The Labute approximate surface area is 179 Å². The molecule has 0 saturated carbocycles. The third-order valence-electron chi connectivity index (χ3n) is 4.24. The first-order valence-corrected chi connectivity index (χ1v) is 11.1. The Morgan fingerprint density at radius 3 is 2.50 bits per heavy atom. The van der Waals surface area contributed by atoms with Crippen molar-refractivity contribution in [3.05, 3.63) is 76.6 Å². The Bertz CT molecular complexity index is 1170. The topological polar surface area (TPSA) is 102 Å². The van der Waals surface area contributed by atoms with Crippen molar-refractivity contribution in [1.82, 2.24) is 10.2 Å². The van der Waals surface area contributed by atoms with Crippen molar-refractivity contribution in [3.63, 3.8) is 0 Å². The van der Waals surface area contributed by atoms with Crippen LogP contribution in [0.1, 0.15) is 30.9 Å². The summed E-state index contributed by atoms with van der Waals surface area (Å²) >= 11 is 6.04. The lowest BCUT2D eigenvalue weighted by atomic mass is 10.1. The van der Waals surface area contributed by atoms with E-state index in [2.05, 4.69) is 15.5 Å². The average molecular weight is 446 g/mol. The molecule has 0 saturated heterocycles. The Morgan fingerprint density at radius 1 is 1.13 bits per heavy atom. The van der Waals surface area contributed by atoms with Crippen LogP contribution in [0, 0.1) is 0 Å². The van der Waals surface area contributed by atoms with Crippen molar-refractivity contribution >= 4 is 39.4 Å². The molecule has 9 heteroatoms. The van der Waals surface area contributed by atoms with Gasteiger partial charge in [0.2, 0.25) is 5.89 Å². The molecular weight excluding hydrogens is 426 g/mol. The Balaban J connectivity index is 1.61. The van der Waals surface area contributed by atoms with Gasteiger partial charge in [0.25, 0.3) is 5.91 Å². The van der Waals surface area contributed by atoms with Crippen molar-refractivity contribution in [2.24, 2.45) is 0 Å². The number of halogens is 1. The molecule has 2 aromatic carbocycles. The standard InChI is InChI=1S/C21H20ClN3O4S/c1-14(2)30(27,28)17-10-7-15(8-11-17)13-20-24-25-21(29-20)23-19(26)12-9-16-5-3-4-6-18(16)22/h3-12,14H,13H2,1-2H3,(H,23,25,26)/b12-9+. The first-order chi connectivity index (χ1) is 14.3. The van der Waals surface area contributed by atoms with E-state index in [1.54, 1.807) is 62.4 Å². The van der Waals surface area contributed by atoms with E-state index < -0.39 is 21.0 Å². The summed E-state index contributed by atoms with van der Waals surface area (Å²) in [7, 11) is -3.32. The number of carbonyl (C=O) groups is 1. The number of carbonyl (C=O) groups excluding carboxylic acids is 1. The minimum absolute atomic E-state index is 0.0298. The summed E-state index contributed by atoms with van der Waals surface area (Å²) in [6.45, 7) is 3.28. The van der Waals surface area contributed by atoms with Gasteiger partial charge in [-0.05, 0) is 49.2 Å². The van der Waals surface area contributed by atoms with Crippen LogP contribution in [0.3, 0.4) is 0 Å². The quantitative estimate of drug-likeness (QED) is 0.548. The van der Waals surface area contributed by atoms with E-state index in [0.29, 0.717) is 22.9 Å². The smallest absolute Gasteiger partial charge is 0.322 e. The highest BCUT2D eigenvalue weighted by molar-refractivity contribution is 7.92. The van der Waals surface area contributed by atoms with Gasteiger partial charge in [-0.2, -0.15) is 0 Å². The minimum atomic E-state index is -3.32. The van der Waals surface area contributed by atoms with Crippen LogP contribution >= 0.6 is 11.6 Å². The van der Waals surface area contributed by atoms with E-state index in [9.17, 15) is 13.2 Å². The summed E-state index contributed by atoms with van der Waals surface area (Å²) in [6.07, 6.45) is 3.21. The van der Waals surface area contributed by atoms with Crippen LogP contribution in [0.5, 0.6) is 0 Å². The summed E-state index contributed by atoms with van der Waals surface area (Å²) < 4.78 is 29.8. The van der Waals surface area contributed by atoms with E-state index in [0.717, 1.165) is 5.56 Å². The summed E-state index contributed by atoms with van der Waals surface area (Å²) in [5.41, 5.74) is 1.52. The number of nitrogens with one attached hydrogen (secondary N) is 1. The van der Waals surface area contributed by atoms with Crippen LogP contribution < -0.4 is 5.32 Å². The molecule has 3 rings (SSSR count). The second kappa shape index (κ2) is 9.23. The normalized spacial score (nSPS) is 11.9. The maximum atomic E-state index is 12.2. The first kappa shape index (κ1) is 21.7. The fourth-order valence-corrected chi connectivity index (χ4v) is 3.80. The van der Waals surface area contributed by atoms with Crippen molar-refractivity contribution in [2.45, 2.75) is 30.4 Å². The molecule has 30 heavy (non-hydrogen) atoms. The summed E-state index contributed by atoms with van der Waals surface area (Å²) in [4.78, 5) is 12.3. The van der Waals surface area contributed by atoms with Gasteiger partial charge in [0.05, 0.1) is 16.6 Å². The molecule has 1 heterocycles. The molecule has 3 aromatic rings. The second-order valence-corrected chi connectivity index (χ2v) is 9.67. The number of amides is 1. The van der Waals surface area contributed by atoms with Gasteiger partial charge in [0.1, 0.15) is 0 Å². The monoisotopic (exact) mass is 445 g/mol. The zero-order chi connectivity index (χ0) is 21.7. The number of sulfone groups is 1. The van der Waals surface area contributed by atoms with Crippen LogP contribution in [0.2, 0.25) is 5.02 Å². The number of nitrogens with zero attached hydrogens (tertiary/aromatic N) is 2. The first-order valence-electron chi connectivity index (χ1n) is 9.14. The number of hydrogen-bond donors (Lipinski definition) is 1. The van der Waals surface area contributed by atoms with Crippen LogP contribution in [-0.2, 0) is 21.1 Å². The zero-order valence-electron chi connectivity index (χ0n) is 16.4. The molecule has 0 radical (unpaired) electrons. The van der Waals surface area contributed by atoms with Crippen LogP contribution in [0.4, 0.5) is 6.01 Å². The highest BCUT2D eigenvalue weighted by Gasteiger charge is 2.19. The molecular formula is C21H20ClN3O4S. The fraction of sp³-hybridized carbons (Fsp3) is 0.190. The molecule has 1 N–H and O–H groups in total. The van der Waals surface area contributed by atoms with Gasteiger partial charge in [-0.1, -0.05) is 47.0 Å². The Kier molecular flexibility index (Phi) is 6.69. The van der Waals surface area contributed by atoms with E-state index in [1.807, 2.05) is 6.07 Å². The third-order valence-corrected chi connectivity index (χ3v) is 6.76. The third kappa shape index (κ3) is 5.34. The maximum Gasteiger partial charge on any atom is 0.322 e. The van der Waals surface area contributed by atoms with Gasteiger partial charge in [0, 0.05) is 11.1 Å². The fourth-order valence-electron chi connectivity index (χ4n) is 2.54. The van der Waals surface area contributed by atoms with Crippen molar-refractivity contribution in [2.75, 3.05) is 5.32 Å². The molecule has 0 aliphatic rings. The van der Waals surface area contributed by atoms with Gasteiger partial charge in [-0.3, -0.25) is 10.1 Å². The van der Waals surface area contributed by atoms with Gasteiger partial charge < -0.3 is 4.42 Å². The van der Waals surface area contributed by atoms with Gasteiger partial charge in [0.15, 0.2) is 9.84 Å². The number of aromatic nitrogens is 2. The van der Waals surface area contributed by atoms with E-state index in [-0.39, 0.29) is 10.9 Å². The lowest BCUT2D eigenvalue weighted by Crippen LogP contribution is -2.13. The molecule has 1 amide bonds. The van der Waals surface area contributed by atoms with Gasteiger partial charge in [-0.25, -0.2) is 8.42 Å². The Hall–Kier alpha value is -2.97. The molecule has 0 aliphatic heterocycles. The number of benzene rings is 2.